The Morgan fingerprint density at radius 3 is 2.18 bits per heavy atom. The molecule has 68 valence electrons. The highest BCUT2D eigenvalue weighted by atomic mass is 33.1. The normalized spacial score (nSPS) is 16.4. The molecule has 0 bridgehead atoms. The molecule has 0 radical (unpaired) electrons. The molecule has 0 saturated heterocycles. The van der Waals surface area contributed by atoms with E-state index in [2.05, 4.69) is 50.5 Å². The van der Waals surface area contributed by atoms with Crippen LogP contribution in [-0.4, -0.2) is 27.1 Å². The molecule has 0 fully saturated rings. The Morgan fingerprint density at radius 2 is 1.73 bits per heavy atom. The van der Waals surface area contributed by atoms with Crippen molar-refractivity contribution in [1.29, 1.82) is 0 Å². The Labute approximate surface area is 98.5 Å². The first-order chi connectivity index (χ1) is 5.20. The van der Waals surface area contributed by atoms with Gasteiger partial charge in [0.2, 0.25) is 0 Å². The number of hydrogen-bond donors (Lipinski definition) is 4. The lowest BCUT2D eigenvalue weighted by atomic mass is 10.6. The maximum atomic E-state index is 4.31. The fraction of sp³-hybridized carbons (Fsp3) is 1.00. The largest absolute Gasteiger partial charge is 0.178 e. The van der Waals surface area contributed by atoms with Gasteiger partial charge in [0, 0.05) is 22.5 Å². The SMILES string of the molecule is SCC(S)CSSC(S)CS. The predicted molar refractivity (Wildman–Crippen MR) is 73.3 cm³/mol. The van der Waals surface area contributed by atoms with Gasteiger partial charge in [0.25, 0.3) is 0 Å². The molecule has 0 nitrogen and oxygen atoms in total. The topological polar surface area (TPSA) is 0 Å². The molecule has 2 unspecified atom stereocenters. The highest BCUT2D eigenvalue weighted by molar-refractivity contribution is 8.78. The van der Waals surface area contributed by atoms with Crippen LogP contribution in [0.3, 0.4) is 0 Å². The summed E-state index contributed by atoms with van der Waals surface area (Å²) in [5, 5.41) is 0.385. The first-order valence-electron chi connectivity index (χ1n) is 3.06. The third kappa shape index (κ3) is 8.43. The molecule has 0 rings (SSSR count). The van der Waals surface area contributed by atoms with Crippen molar-refractivity contribution in [2.24, 2.45) is 0 Å². The van der Waals surface area contributed by atoms with Crippen molar-refractivity contribution < 1.29 is 0 Å². The van der Waals surface area contributed by atoms with Crippen LogP contribution in [0.2, 0.25) is 0 Å². The molecule has 0 aliphatic heterocycles. The van der Waals surface area contributed by atoms with Crippen LogP contribution in [0.4, 0.5) is 0 Å². The molecule has 0 amide bonds. The minimum absolute atomic E-state index is 0.323. The Balaban J connectivity index is 3.13. The van der Waals surface area contributed by atoms with E-state index < -0.39 is 0 Å². The average Bonchev–Trinajstić information content (AvgIpc) is 2.04. The molecular weight excluding hydrogens is 252 g/mol. The Hall–Kier alpha value is 2.10. The molecule has 0 aliphatic rings. The summed E-state index contributed by atoms with van der Waals surface area (Å²) in [5.41, 5.74) is 0. The molecule has 0 heterocycles. The van der Waals surface area contributed by atoms with Crippen molar-refractivity contribution in [2.75, 3.05) is 17.3 Å². The van der Waals surface area contributed by atoms with Gasteiger partial charge in [-0.05, 0) is 0 Å². The van der Waals surface area contributed by atoms with Gasteiger partial charge in [-0.25, -0.2) is 0 Å². The van der Waals surface area contributed by atoms with Crippen molar-refractivity contribution in [3.05, 3.63) is 0 Å². The van der Waals surface area contributed by atoms with E-state index in [-0.39, 0.29) is 0 Å². The number of thiol groups is 4. The second kappa shape index (κ2) is 8.69. The van der Waals surface area contributed by atoms with Crippen molar-refractivity contribution in [2.45, 2.75) is 9.83 Å². The Morgan fingerprint density at radius 1 is 1.09 bits per heavy atom. The summed E-state index contributed by atoms with van der Waals surface area (Å²) in [6.07, 6.45) is 0. The monoisotopic (exact) mass is 264 g/mol. The summed E-state index contributed by atoms with van der Waals surface area (Å²) < 4.78 is 0.323. The molecule has 0 saturated carbocycles. The first kappa shape index (κ1) is 13.1. The highest BCUT2D eigenvalue weighted by Gasteiger charge is 2.04. The van der Waals surface area contributed by atoms with Crippen molar-refractivity contribution in [3.8, 4) is 0 Å². The molecule has 11 heavy (non-hydrogen) atoms. The fourth-order valence-corrected chi connectivity index (χ4v) is 4.16. The highest BCUT2D eigenvalue weighted by Crippen LogP contribution is 2.30. The van der Waals surface area contributed by atoms with Gasteiger partial charge in [-0.2, -0.15) is 50.5 Å². The minimum Gasteiger partial charge on any atom is -0.178 e. The molecule has 6 heteroatoms. The standard InChI is InChI=1S/C5H12S6/c6-1-4(8)3-10-11-5(9)2-7/h4-9H,1-3H2. The van der Waals surface area contributed by atoms with Crippen LogP contribution in [0.25, 0.3) is 0 Å². The van der Waals surface area contributed by atoms with Crippen molar-refractivity contribution >= 4 is 72.1 Å². The van der Waals surface area contributed by atoms with Crippen LogP contribution in [0.5, 0.6) is 0 Å². The van der Waals surface area contributed by atoms with Crippen LogP contribution in [-0.2, 0) is 0 Å². The van der Waals surface area contributed by atoms with E-state index in [1.54, 1.807) is 21.6 Å². The summed E-state index contributed by atoms with van der Waals surface area (Å²) in [4.78, 5) is 0. The maximum absolute atomic E-state index is 4.31. The molecule has 2 atom stereocenters. The summed E-state index contributed by atoms with van der Waals surface area (Å²) >= 11 is 16.8. The van der Waals surface area contributed by atoms with Gasteiger partial charge < -0.3 is 0 Å². The summed E-state index contributed by atoms with van der Waals surface area (Å²) in [5.74, 6) is 2.65. The Bertz CT molecular complexity index is 77.0. The summed E-state index contributed by atoms with van der Waals surface area (Å²) in [6.45, 7) is 0. The summed E-state index contributed by atoms with van der Waals surface area (Å²) in [7, 11) is 3.53. The van der Waals surface area contributed by atoms with E-state index in [4.69, 9.17) is 0 Å². The second-order valence-corrected chi connectivity index (χ2v) is 6.90. The van der Waals surface area contributed by atoms with Gasteiger partial charge in [0.15, 0.2) is 0 Å². The third-order valence-electron chi connectivity index (χ3n) is 0.806. The van der Waals surface area contributed by atoms with E-state index in [1.807, 2.05) is 0 Å². The van der Waals surface area contributed by atoms with Gasteiger partial charge in [-0.1, -0.05) is 21.6 Å². The van der Waals surface area contributed by atoms with E-state index in [0.717, 1.165) is 17.3 Å². The molecule has 0 spiro atoms. The quantitative estimate of drug-likeness (QED) is 0.331. The summed E-state index contributed by atoms with van der Waals surface area (Å²) in [6, 6.07) is 0. The Kier molecular flexibility index (Phi) is 10.3. The van der Waals surface area contributed by atoms with Crippen molar-refractivity contribution in [3.63, 3.8) is 0 Å². The van der Waals surface area contributed by atoms with Gasteiger partial charge in [0.05, 0.1) is 4.58 Å². The molecule has 0 N–H and O–H groups in total. The molecule has 0 aromatic heterocycles. The average molecular weight is 265 g/mol. The van der Waals surface area contributed by atoms with Crippen molar-refractivity contribution in [1.82, 2.24) is 0 Å². The zero-order chi connectivity index (χ0) is 8.69. The van der Waals surface area contributed by atoms with E-state index in [0.29, 0.717) is 9.83 Å². The molecule has 0 aliphatic carbocycles. The molecule has 0 aromatic carbocycles. The lowest BCUT2D eigenvalue weighted by molar-refractivity contribution is 1.17. The first-order valence-corrected chi connectivity index (χ1v) is 7.74. The number of hydrogen-bond acceptors (Lipinski definition) is 6. The maximum Gasteiger partial charge on any atom is 0.0663 e. The number of rotatable bonds is 6. The lowest BCUT2D eigenvalue weighted by Crippen LogP contribution is -2.03. The molecule has 0 aromatic rings. The van der Waals surface area contributed by atoms with Crippen LogP contribution < -0.4 is 0 Å². The van der Waals surface area contributed by atoms with E-state index >= 15 is 0 Å². The van der Waals surface area contributed by atoms with Crippen LogP contribution in [0, 0.1) is 0 Å². The zero-order valence-electron chi connectivity index (χ0n) is 5.88. The lowest BCUT2D eigenvalue weighted by Gasteiger charge is -2.08. The van der Waals surface area contributed by atoms with Gasteiger partial charge >= 0.3 is 0 Å². The third-order valence-corrected chi connectivity index (χ3v) is 6.55. The van der Waals surface area contributed by atoms with Crippen LogP contribution in [0.1, 0.15) is 0 Å². The van der Waals surface area contributed by atoms with Gasteiger partial charge in [0.1, 0.15) is 0 Å². The smallest absolute Gasteiger partial charge is 0.0663 e. The van der Waals surface area contributed by atoms with Crippen LogP contribution in [0.15, 0.2) is 0 Å². The van der Waals surface area contributed by atoms with Gasteiger partial charge in [-0.3, -0.25) is 0 Å². The van der Waals surface area contributed by atoms with E-state index in [1.165, 1.54) is 0 Å². The molecular formula is C5H12S6. The predicted octanol–water partition coefficient (Wildman–Crippen LogP) is 2.78. The van der Waals surface area contributed by atoms with Gasteiger partial charge in [-0.15, -0.1) is 0 Å². The fourth-order valence-electron chi connectivity index (χ4n) is 0.280. The minimum atomic E-state index is 0.323. The van der Waals surface area contributed by atoms with Crippen LogP contribution >= 0.6 is 72.1 Å². The zero-order valence-corrected chi connectivity index (χ0v) is 11.1. The second-order valence-electron chi connectivity index (χ2n) is 1.85. The van der Waals surface area contributed by atoms with E-state index in [9.17, 15) is 0 Å².